The Balaban J connectivity index is 2.04. The summed E-state index contributed by atoms with van der Waals surface area (Å²) in [6, 6.07) is 16.5. The van der Waals surface area contributed by atoms with Gasteiger partial charge >= 0.3 is 0 Å². The molecule has 5 heteroatoms. The molecule has 0 saturated heterocycles. The van der Waals surface area contributed by atoms with Crippen LogP contribution in [0.2, 0.25) is 0 Å². The normalized spacial score (nSPS) is 9.74. The van der Waals surface area contributed by atoms with Gasteiger partial charge in [-0.1, -0.05) is 36.4 Å². The molecule has 0 bridgehead atoms. The van der Waals surface area contributed by atoms with E-state index in [-0.39, 0.29) is 10.7 Å². The largest absolute Gasteiger partial charge is 0.297 e. The van der Waals surface area contributed by atoms with Crippen LogP contribution in [0.25, 0.3) is 0 Å². The predicted octanol–water partition coefficient (Wildman–Crippen LogP) is 1.86. The average Bonchev–Trinajstić information content (AvgIpc) is 2.48. The Morgan fingerprint density at radius 2 is 1.32 bits per heavy atom. The fourth-order valence-electron chi connectivity index (χ4n) is 1.50. The Morgan fingerprint density at radius 1 is 0.842 bits per heavy atom. The maximum atomic E-state index is 11.8. The summed E-state index contributed by atoms with van der Waals surface area (Å²) in [5.41, 5.74) is 2.72. The lowest BCUT2D eigenvalue weighted by Gasteiger charge is -2.15. The summed E-state index contributed by atoms with van der Waals surface area (Å²) in [5.74, 6) is -1.27. The molecule has 5 nitrogen and oxygen atoms in total. The summed E-state index contributed by atoms with van der Waals surface area (Å²) in [5, 5.41) is 9.74. The van der Waals surface area contributed by atoms with E-state index >= 15 is 0 Å². The van der Waals surface area contributed by atoms with Gasteiger partial charge < -0.3 is 0 Å². The highest BCUT2D eigenvalue weighted by atomic mass is 16.6. The van der Waals surface area contributed by atoms with E-state index in [4.69, 9.17) is 0 Å². The number of hydrogen-bond donors (Lipinski definition) is 2. The highest BCUT2D eigenvalue weighted by Gasteiger charge is 2.16. The van der Waals surface area contributed by atoms with Crippen LogP contribution in [0.15, 0.2) is 60.7 Å². The molecular formula is C14H12N2O3. The number of carbonyl (C=O) groups excluding carboxylic acids is 2. The zero-order chi connectivity index (χ0) is 13.7. The summed E-state index contributed by atoms with van der Waals surface area (Å²) < 4.78 is 0. The maximum Gasteiger partial charge on any atom is 0.297 e. The quantitative estimate of drug-likeness (QED) is 0.636. The lowest BCUT2D eigenvalue weighted by atomic mass is 10.2. The van der Waals surface area contributed by atoms with Crippen molar-refractivity contribution >= 4 is 11.8 Å². The topological polar surface area (TPSA) is 69.6 Å². The minimum atomic E-state index is -0.704. The first-order valence-electron chi connectivity index (χ1n) is 5.63. The van der Waals surface area contributed by atoms with Gasteiger partial charge in [0.25, 0.3) is 11.8 Å². The fraction of sp³-hybridized carbons (Fsp3) is 0. The second-order valence-corrected chi connectivity index (χ2v) is 3.79. The Morgan fingerprint density at radius 3 is 1.84 bits per heavy atom. The van der Waals surface area contributed by atoms with Crippen molar-refractivity contribution in [3.05, 3.63) is 71.8 Å². The number of hydrogen-bond acceptors (Lipinski definition) is 3. The number of nitrogens with one attached hydrogen (secondary N) is 1. The third kappa shape index (κ3) is 3.17. The van der Waals surface area contributed by atoms with Crippen LogP contribution in [0.3, 0.4) is 0 Å². The van der Waals surface area contributed by atoms with Crippen LogP contribution in [0.4, 0.5) is 0 Å². The number of benzene rings is 2. The first-order chi connectivity index (χ1) is 9.18. The molecule has 0 saturated carbocycles. The van der Waals surface area contributed by atoms with Gasteiger partial charge in [0.2, 0.25) is 0 Å². The van der Waals surface area contributed by atoms with Crippen molar-refractivity contribution in [3.8, 4) is 0 Å². The zero-order valence-corrected chi connectivity index (χ0v) is 9.98. The first kappa shape index (κ1) is 12.8. The third-order valence-corrected chi connectivity index (χ3v) is 2.46. The highest BCUT2D eigenvalue weighted by molar-refractivity contribution is 5.98. The van der Waals surface area contributed by atoms with E-state index in [9.17, 15) is 14.8 Å². The monoisotopic (exact) mass is 256 g/mol. The van der Waals surface area contributed by atoms with Crippen molar-refractivity contribution < 1.29 is 14.8 Å². The molecule has 0 heterocycles. The van der Waals surface area contributed by atoms with Crippen molar-refractivity contribution in [1.29, 1.82) is 0 Å². The molecule has 0 fully saturated rings. The molecule has 2 aromatic rings. The average molecular weight is 256 g/mol. The molecule has 2 N–H and O–H groups in total. The molecule has 0 atom stereocenters. The van der Waals surface area contributed by atoms with Crippen LogP contribution in [0.5, 0.6) is 0 Å². The molecule has 0 unspecified atom stereocenters. The molecule has 2 amide bonds. The fourth-order valence-corrected chi connectivity index (χ4v) is 1.50. The highest BCUT2D eigenvalue weighted by Crippen LogP contribution is 2.03. The minimum Gasteiger partial charge on any atom is -0.267 e. The van der Waals surface area contributed by atoms with Gasteiger partial charge in [0.05, 0.1) is 0 Å². The molecule has 2 aromatic carbocycles. The predicted molar refractivity (Wildman–Crippen MR) is 68.3 cm³/mol. The molecule has 2 rings (SSSR count). The number of carbonyl (C=O) groups is 2. The van der Waals surface area contributed by atoms with Crippen LogP contribution >= 0.6 is 0 Å². The molecule has 0 radical (unpaired) electrons. The van der Waals surface area contributed by atoms with Crippen molar-refractivity contribution in [3.63, 3.8) is 0 Å². The van der Waals surface area contributed by atoms with Crippen molar-refractivity contribution in [1.82, 2.24) is 10.6 Å². The van der Waals surface area contributed by atoms with E-state index in [0.29, 0.717) is 5.56 Å². The van der Waals surface area contributed by atoms with Crippen LogP contribution in [-0.2, 0) is 0 Å². The summed E-state index contributed by atoms with van der Waals surface area (Å²) in [4.78, 5) is 23.5. The standard InChI is InChI=1S/C14H12N2O3/c17-13(11-7-3-1-4-8-11)15-16(19)14(18)12-9-5-2-6-10-12/h1-10,19H,(H,15,17). The Bertz CT molecular complexity index is 570. The second-order valence-electron chi connectivity index (χ2n) is 3.79. The molecule has 96 valence electrons. The molecule has 0 aliphatic carbocycles. The number of nitrogens with zero attached hydrogens (tertiary/aromatic N) is 1. The van der Waals surface area contributed by atoms with Gasteiger partial charge in [0, 0.05) is 11.1 Å². The van der Waals surface area contributed by atoms with E-state index in [1.54, 1.807) is 60.7 Å². The molecular weight excluding hydrogens is 244 g/mol. The second kappa shape index (κ2) is 5.79. The van der Waals surface area contributed by atoms with Crippen LogP contribution in [-0.4, -0.2) is 22.2 Å². The van der Waals surface area contributed by atoms with Gasteiger partial charge in [0.15, 0.2) is 0 Å². The smallest absolute Gasteiger partial charge is 0.267 e. The maximum absolute atomic E-state index is 11.8. The van der Waals surface area contributed by atoms with Crippen LogP contribution in [0.1, 0.15) is 20.7 Å². The third-order valence-electron chi connectivity index (χ3n) is 2.46. The van der Waals surface area contributed by atoms with E-state index in [0.717, 1.165) is 0 Å². The van der Waals surface area contributed by atoms with Gasteiger partial charge in [-0.25, -0.2) is 5.43 Å². The van der Waals surface area contributed by atoms with Crippen LogP contribution < -0.4 is 5.43 Å². The number of rotatable bonds is 2. The SMILES string of the molecule is O=C(NN(O)C(=O)c1ccccc1)c1ccccc1. The lowest BCUT2D eigenvalue weighted by molar-refractivity contribution is -0.0875. The van der Waals surface area contributed by atoms with E-state index in [2.05, 4.69) is 5.43 Å². The lowest BCUT2D eigenvalue weighted by Crippen LogP contribution is -2.43. The van der Waals surface area contributed by atoms with E-state index < -0.39 is 11.8 Å². The Hall–Kier alpha value is -2.66. The summed E-state index contributed by atoms with van der Waals surface area (Å²) in [6.45, 7) is 0. The van der Waals surface area contributed by atoms with Crippen LogP contribution in [0, 0.1) is 0 Å². The number of amides is 2. The molecule has 0 spiro atoms. The first-order valence-corrected chi connectivity index (χ1v) is 5.63. The minimum absolute atomic E-state index is 0.185. The van der Waals surface area contributed by atoms with Gasteiger partial charge in [-0.2, -0.15) is 0 Å². The number of hydroxylamine groups is 1. The van der Waals surface area contributed by atoms with Crippen molar-refractivity contribution in [2.75, 3.05) is 0 Å². The Labute approximate surface area is 110 Å². The molecule has 19 heavy (non-hydrogen) atoms. The molecule has 0 aliphatic heterocycles. The van der Waals surface area contributed by atoms with E-state index in [1.807, 2.05) is 0 Å². The molecule has 0 aliphatic rings. The zero-order valence-electron chi connectivity index (χ0n) is 9.98. The summed E-state index contributed by atoms with van der Waals surface area (Å²) in [6.07, 6.45) is 0. The summed E-state index contributed by atoms with van der Waals surface area (Å²) >= 11 is 0. The van der Waals surface area contributed by atoms with Gasteiger partial charge in [-0.05, 0) is 24.3 Å². The van der Waals surface area contributed by atoms with Gasteiger partial charge in [0.1, 0.15) is 0 Å². The van der Waals surface area contributed by atoms with E-state index in [1.165, 1.54) is 0 Å². The van der Waals surface area contributed by atoms with Crippen molar-refractivity contribution in [2.45, 2.75) is 0 Å². The van der Waals surface area contributed by atoms with Crippen molar-refractivity contribution in [2.24, 2.45) is 0 Å². The number of hydrazine groups is 1. The summed E-state index contributed by atoms with van der Waals surface area (Å²) in [7, 11) is 0. The van der Waals surface area contributed by atoms with Gasteiger partial charge in [-0.3, -0.25) is 14.8 Å². The molecule has 0 aromatic heterocycles. The Kier molecular flexibility index (Phi) is 3.90. The van der Waals surface area contributed by atoms with Gasteiger partial charge in [-0.15, -0.1) is 5.17 Å².